The molecule has 0 aliphatic carbocycles. The molecule has 1 aromatic carbocycles. The molecule has 0 unspecified atom stereocenters. The fourth-order valence-corrected chi connectivity index (χ4v) is 3.73. The van der Waals surface area contributed by atoms with Crippen LogP contribution in [0.5, 0.6) is 0 Å². The van der Waals surface area contributed by atoms with Gasteiger partial charge in [0.25, 0.3) is 0 Å². The molecule has 3 rings (SSSR count). The molecule has 5 heteroatoms. The largest absolute Gasteiger partial charge is 0.477 e. The van der Waals surface area contributed by atoms with Crippen molar-refractivity contribution in [3.05, 3.63) is 53.2 Å². The molecular weight excluding hydrogens is 290 g/mol. The zero-order valence-electron chi connectivity index (χ0n) is 10.7. The summed E-state index contributed by atoms with van der Waals surface area (Å²) in [6, 6.07) is 9.96. The standard InChI is InChI=1S/C15H11NO2S2/c1-9-2-4-10(5-3-9)19-13-7-16-8-14-11(13)6-12(20-14)15(17)18/h2-8H,1H3,(H,17,18). The van der Waals surface area contributed by atoms with Crippen molar-refractivity contribution in [1.29, 1.82) is 0 Å². The molecule has 0 aliphatic heterocycles. The average molecular weight is 301 g/mol. The summed E-state index contributed by atoms with van der Waals surface area (Å²) in [7, 11) is 0. The summed E-state index contributed by atoms with van der Waals surface area (Å²) >= 11 is 2.86. The highest BCUT2D eigenvalue weighted by atomic mass is 32.2. The Bertz CT molecular complexity index is 778. The van der Waals surface area contributed by atoms with Crippen molar-refractivity contribution in [1.82, 2.24) is 4.98 Å². The van der Waals surface area contributed by atoms with Crippen molar-refractivity contribution in [3.8, 4) is 0 Å². The number of carboxylic acid groups (broad SMARTS) is 1. The molecule has 0 amide bonds. The van der Waals surface area contributed by atoms with E-state index in [1.54, 1.807) is 30.2 Å². The van der Waals surface area contributed by atoms with Gasteiger partial charge in [-0.1, -0.05) is 29.5 Å². The van der Waals surface area contributed by atoms with Gasteiger partial charge in [0, 0.05) is 27.6 Å². The van der Waals surface area contributed by atoms with Gasteiger partial charge < -0.3 is 5.11 Å². The van der Waals surface area contributed by atoms with Crippen LogP contribution in [0.2, 0.25) is 0 Å². The molecule has 100 valence electrons. The Morgan fingerprint density at radius 3 is 2.70 bits per heavy atom. The van der Waals surface area contributed by atoms with Crippen LogP contribution in [0.4, 0.5) is 0 Å². The van der Waals surface area contributed by atoms with Crippen LogP contribution in [0.1, 0.15) is 15.2 Å². The van der Waals surface area contributed by atoms with Gasteiger partial charge >= 0.3 is 5.97 Å². The molecule has 2 aromatic heterocycles. The van der Waals surface area contributed by atoms with E-state index < -0.39 is 5.97 Å². The Hall–Kier alpha value is -1.85. The van der Waals surface area contributed by atoms with Gasteiger partial charge in [0.15, 0.2) is 0 Å². The molecule has 1 N–H and O–H groups in total. The van der Waals surface area contributed by atoms with E-state index >= 15 is 0 Å². The lowest BCUT2D eigenvalue weighted by Gasteiger charge is -2.03. The molecule has 0 aliphatic rings. The van der Waals surface area contributed by atoms with E-state index in [0.29, 0.717) is 4.88 Å². The van der Waals surface area contributed by atoms with Gasteiger partial charge in [-0.3, -0.25) is 4.98 Å². The number of rotatable bonds is 3. The van der Waals surface area contributed by atoms with Gasteiger partial charge in [-0.05, 0) is 25.1 Å². The molecule has 0 fully saturated rings. The minimum atomic E-state index is -0.891. The summed E-state index contributed by atoms with van der Waals surface area (Å²) in [6.07, 6.45) is 3.50. The fraction of sp³-hybridized carbons (Fsp3) is 0.0667. The predicted molar refractivity (Wildman–Crippen MR) is 81.9 cm³/mol. The first-order valence-corrected chi connectivity index (χ1v) is 7.62. The zero-order valence-corrected chi connectivity index (χ0v) is 12.3. The number of aryl methyl sites for hydroxylation is 1. The van der Waals surface area contributed by atoms with Crippen molar-refractivity contribution in [3.63, 3.8) is 0 Å². The van der Waals surface area contributed by atoms with Crippen LogP contribution in [-0.2, 0) is 0 Å². The first-order valence-electron chi connectivity index (χ1n) is 5.99. The van der Waals surface area contributed by atoms with Crippen molar-refractivity contribution in [2.45, 2.75) is 16.7 Å². The minimum Gasteiger partial charge on any atom is -0.477 e. The monoisotopic (exact) mass is 301 g/mol. The molecule has 3 nitrogen and oxygen atoms in total. The number of thiophene rings is 1. The Morgan fingerprint density at radius 1 is 1.25 bits per heavy atom. The number of aromatic carboxylic acids is 1. The molecule has 2 heterocycles. The number of fused-ring (bicyclic) bond motifs is 1. The highest BCUT2D eigenvalue weighted by molar-refractivity contribution is 7.99. The summed E-state index contributed by atoms with van der Waals surface area (Å²) in [6.45, 7) is 2.05. The number of pyridine rings is 1. The van der Waals surface area contributed by atoms with Crippen LogP contribution in [0, 0.1) is 6.92 Å². The molecule has 20 heavy (non-hydrogen) atoms. The molecule has 0 atom stereocenters. The van der Waals surface area contributed by atoms with Crippen molar-refractivity contribution < 1.29 is 9.90 Å². The van der Waals surface area contributed by atoms with Gasteiger partial charge in [-0.15, -0.1) is 11.3 Å². The van der Waals surface area contributed by atoms with Gasteiger partial charge in [0.05, 0.1) is 4.70 Å². The highest BCUT2D eigenvalue weighted by Crippen LogP contribution is 2.36. The Morgan fingerprint density at radius 2 is 2.00 bits per heavy atom. The lowest BCUT2D eigenvalue weighted by molar-refractivity contribution is 0.0702. The van der Waals surface area contributed by atoms with E-state index in [0.717, 1.165) is 19.9 Å². The van der Waals surface area contributed by atoms with Crippen molar-refractivity contribution in [2.75, 3.05) is 0 Å². The third-order valence-corrected chi connectivity index (χ3v) is 4.98. The third kappa shape index (κ3) is 2.55. The molecule has 0 saturated carbocycles. The molecule has 3 aromatic rings. The number of hydrogen-bond acceptors (Lipinski definition) is 4. The SMILES string of the molecule is Cc1ccc(Sc2cncc3sc(C(=O)O)cc23)cc1. The highest BCUT2D eigenvalue weighted by Gasteiger charge is 2.12. The maximum atomic E-state index is 11.1. The summed E-state index contributed by atoms with van der Waals surface area (Å²) < 4.78 is 0.902. The maximum absolute atomic E-state index is 11.1. The predicted octanol–water partition coefficient (Wildman–Crippen LogP) is 4.45. The number of nitrogens with zero attached hydrogens (tertiary/aromatic N) is 1. The van der Waals surface area contributed by atoms with Crippen LogP contribution in [0.15, 0.2) is 52.5 Å². The minimum absolute atomic E-state index is 0.346. The van der Waals surface area contributed by atoms with E-state index in [2.05, 4.69) is 36.2 Å². The van der Waals surface area contributed by atoms with E-state index in [9.17, 15) is 4.79 Å². The van der Waals surface area contributed by atoms with E-state index in [-0.39, 0.29) is 0 Å². The van der Waals surface area contributed by atoms with Crippen LogP contribution < -0.4 is 0 Å². The van der Waals surface area contributed by atoms with Crippen LogP contribution in [0.25, 0.3) is 10.1 Å². The number of hydrogen-bond donors (Lipinski definition) is 1. The van der Waals surface area contributed by atoms with Gasteiger partial charge in [0.1, 0.15) is 4.88 Å². The second kappa shape index (κ2) is 5.26. The van der Waals surface area contributed by atoms with Crippen LogP contribution >= 0.6 is 23.1 Å². The van der Waals surface area contributed by atoms with E-state index in [1.807, 2.05) is 0 Å². The Balaban J connectivity index is 2.02. The van der Waals surface area contributed by atoms with Crippen molar-refractivity contribution in [2.24, 2.45) is 0 Å². The third-order valence-electron chi connectivity index (χ3n) is 2.87. The van der Waals surface area contributed by atoms with Gasteiger partial charge in [-0.25, -0.2) is 4.79 Å². The smallest absolute Gasteiger partial charge is 0.345 e. The second-order valence-electron chi connectivity index (χ2n) is 4.38. The summed E-state index contributed by atoms with van der Waals surface area (Å²) in [4.78, 5) is 17.7. The summed E-state index contributed by atoms with van der Waals surface area (Å²) in [5.41, 5.74) is 1.22. The molecule has 0 spiro atoms. The van der Waals surface area contributed by atoms with Crippen LogP contribution in [-0.4, -0.2) is 16.1 Å². The Kier molecular flexibility index (Phi) is 3.46. The molecular formula is C15H11NO2S2. The molecule has 0 saturated heterocycles. The van der Waals surface area contributed by atoms with E-state index in [1.165, 1.54) is 16.9 Å². The second-order valence-corrected chi connectivity index (χ2v) is 6.58. The first kappa shape index (κ1) is 13.1. The van der Waals surface area contributed by atoms with Gasteiger partial charge in [0.2, 0.25) is 0 Å². The molecule has 0 bridgehead atoms. The number of carbonyl (C=O) groups is 1. The molecule has 0 radical (unpaired) electrons. The number of carboxylic acids is 1. The van der Waals surface area contributed by atoms with Gasteiger partial charge in [-0.2, -0.15) is 0 Å². The number of benzene rings is 1. The lowest BCUT2D eigenvalue weighted by Crippen LogP contribution is -1.89. The van der Waals surface area contributed by atoms with Crippen molar-refractivity contribution >= 4 is 39.2 Å². The first-order chi connectivity index (χ1) is 9.63. The van der Waals surface area contributed by atoms with E-state index in [4.69, 9.17) is 5.11 Å². The topological polar surface area (TPSA) is 50.2 Å². The van der Waals surface area contributed by atoms with Crippen LogP contribution in [0.3, 0.4) is 0 Å². The zero-order chi connectivity index (χ0) is 14.1. The maximum Gasteiger partial charge on any atom is 0.345 e. The lowest BCUT2D eigenvalue weighted by atomic mass is 10.2. The normalized spacial score (nSPS) is 10.8. The number of aromatic nitrogens is 1. The summed E-state index contributed by atoms with van der Waals surface area (Å²) in [5, 5.41) is 10.0. The summed E-state index contributed by atoms with van der Waals surface area (Å²) in [5.74, 6) is -0.891. The fourth-order valence-electron chi connectivity index (χ4n) is 1.86. The average Bonchev–Trinajstić information content (AvgIpc) is 2.87. The Labute approximate surface area is 124 Å². The quantitative estimate of drug-likeness (QED) is 0.776.